The Kier molecular flexibility index (Phi) is 1.81. The largest absolute Gasteiger partial charge is 0.497 e. The van der Waals surface area contributed by atoms with E-state index in [1.165, 1.54) is 11.1 Å². The predicted molar refractivity (Wildman–Crippen MR) is 50.8 cm³/mol. The zero-order chi connectivity index (χ0) is 9.47. The van der Waals surface area contributed by atoms with Gasteiger partial charge in [0.15, 0.2) is 0 Å². The maximum Gasteiger partial charge on any atom is 0.119 e. The van der Waals surface area contributed by atoms with Crippen molar-refractivity contribution in [3.8, 4) is 5.75 Å². The smallest absolute Gasteiger partial charge is 0.119 e. The summed E-state index contributed by atoms with van der Waals surface area (Å²) in [6, 6.07) is 6.11. The van der Waals surface area contributed by atoms with E-state index in [0.717, 1.165) is 5.75 Å². The van der Waals surface area contributed by atoms with Gasteiger partial charge in [0.05, 0.1) is 19.3 Å². The lowest BCUT2D eigenvalue weighted by atomic mass is 9.96. The number of fused-ring (bicyclic) bond motifs is 1. The first-order chi connectivity index (χ1) is 6.13. The molecule has 70 valence electrons. The van der Waals surface area contributed by atoms with E-state index in [1.807, 2.05) is 12.1 Å². The quantitative estimate of drug-likeness (QED) is 0.657. The summed E-state index contributed by atoms with van der Waals surface area (Å²) in [4.78, 5) is 0. The molecule has 0 amide bonds. The molecule has 0 fully saturated rings. The third-order valence-corrected chi connectivity index (χ3v) is 2.55. The number of methoxy groups -OCH3 is 1. The van der Waals surface area contributed by atoms with Crippen LogP contribution >= 0.6 is 0 Å². The summed E-state index contributed by atoms with van der Waals surface area (Å²) in [5, 5.41) is 0. The summed E-state index contributed by atoms with van der Waals surface area (Å²) in [6.07, 6.45) is 0. The van der Waals surface area contributed by atoms with Crippen LogP contribution in [0.15, 0.2) is 18.2 Å². The first-order valence-corrected chi connectivity index (χ1v) is 4.45. The second-order valence-corrected chi connectivity index (χ2v) is 3.82. The Morgan fingerprint density at radius 3 is 2.85 bits per heavy atom. The highest BCUT2D eigenvalue weighted by atomic mass is 16.5. The van der Waals surface area contributed by atoms with E-state index in [-0.39, 0.29) is 5.60 Å². The van der Waals surface area contributed by atoms with Crippen molar-refractivity contribution >= 4 is 0 Å². The van der Waals surface area contributed by atoms with Crippen LogP contribution in [0.2, 0.25) is 0 Å². The molecular weight excluding hydrogens is 164 g/mol. The van der Waals surface area contributed by atoms with E-state index >= 15 is 0 Å². The average Bonchev–Trinajstić information content (AvgIpc) is 2.42. The molecule has 0 atom stereocenters. The fraction of sp³-hybridized carbons (Fsp3) is 0.455. The monoisotopic (exact) mass is 178 g/mol. The topological polar surface area (TPSA) is 18.5 Å². The normalized spacial score (nSPS) is 18.4. The van der Waals surface area contributed by atoms with E-state index in [9.17, 15) is 0 Å². The van der Waals surface area contributed by atoms with Crippen molar-refractivity contribution in [1.82, 2.24) is 0 Å². The van der Waals surface area contributed by atoms with Crippen molar-refractivity contribution in [3.05, 3.63) is 29.3 Å². The van der Waals surface area contributed by atoms with Gasteiger partial charge < -0.3 is 9.47 Å². The van der Waals surface area contributed by atoms with Crippen LogP contribution in [-0.2, 0) is 16.9 Å². The molecular formula is C11H14O2. The van der Waals surface area contributed by atoms with E-state index < -0.39 is 0 Å². The van der Waals surface area contributed by atoms with Gasteiger partial charge in [-0.2, -0.15) is 0 Å². The minimum absolute atomic E-state index is 0.137. The van der Waals surface area contributed by atoms with Gasteiger partial charge in [0.25, 0.3) is 0 Å². The Hall–Kier alpha value is -1.02. The molecule has 0 bridgehead atoms. The highest BCUT2D eigenvalue weighted by Gasteiger charge is 2.30. The second kappa shape index (κ2) is 2.74. The summed E-state index contributed by atoms with van der Waals surface area (Å²) in [5.74, 6) is 0.903. The average molecular weight is 178 g/mol. The van der Waals surface area contributed by atoms with Crippen molar-refractivity contribution in [3.63, 3.8) is 0 Å². The van der Waals surface area contributed by atoms with Crippen molar-refractivity contribution in [1.29, 1.82) is 0 Å². The third kappa shape index (κ3) is 1.31. The zero-order valence-electron chi connectivity index (χ0n) is 8.26. The molecule has 1 heterocycles. The number of benzene rings is 1. The van der Waals surface area contributed by atoms with Crippen LogP contribution in [0.1, 0.15) is 25.0 Å². The summed E-state index contributed by atoms with van der Waals surface area (Å²) in [6.45, 7) is 4.87. The van der Waals surface area contributed by atoms with Crippen LogP contribution in [0.3, 0.4) is 0 Å². The van der Waals surface area contributed by atoms with Gasteiger partial charge in [-0.15, -0.1) is 0 Å². The van der Waals surface area contributed by atoms with Crippen molar-refractivity contribution < 1.29 is 9.47 Å². The lowest BCUT2D eigenvalue weighted by molar-refractivity contribution is -0.00789. The van der Waals surface area contributed by atoms with E-state index in [2.05, 4.69) is 19.9 Å². The first-order valence-electron chi connectivity index (χ1n) is 4.45. The van der Waals surface area contributed by atoms with E-state index in [4.69, 9.17) is 9.47 Å². The summed E-state index contributed by atoms with van der Waals surface area (Å²) < 4.78 is 10.8. The van der Waals surface area contributed by atoms with Gasteiger partial charge in [-0.25, -0.2) is 0 Å². The first kappa shape index (κ1) is 8.57. The molecule has 0 saturated heterocycles. The molecule has 0 spiro atoms. The summed E-state index contributed by atoms with van der Waals surface area (Å²) in [5.41, 5.74) is 2.37. The summed E-state index contributed by atoms with van der Waals surface area (Å²) >= 11 is 0. The van der Waals surface area contributed by atoms with E-state index in [0.29, 0.717) is 6.61 Å². The molecule has 0 unspecified atom stereocenters. The molecule has 13 heavy (non-hydrogen) atoms. The number of rotatable bonds is 1. The predicted octanol–water partition coefficient (Wildman–Crippen LogP) is 2.46. The maximum atomic E-state index is 5.65. The highest BCUT2D eigenvalue weighted by molar-refractivity contribution is 5.40. The molecule has 2 nitrogen and oxygen atoms in total. The van der Waals surface area contributed by atoms with Crippen LogP contribution in [0.25, 0.3) is 0 Å². The van der Waals surface area contributed by atoms with Gasteiger partial charge in [0, 0.05) is 0 Å². The Morgan fingerprint density at radius 2 is 2.15 bits per heavy atom. The van der Waals surface area contributed by atoms with Crippen molar-refractivity contribution in [2.24, 2.45) is 0 Å². The van der Waals surface area contributed by atoms with Crippen LogP contribution in [0.5, 0.6) is 5.75 Å². The molecule has 1 aliphatic rings. The van der Waals surface area contributed by atoms with Crippen LogP contribution < -0.4 is 4.74 Å². The lowest BCUT2D eigenvalue weighted by Crippen LogP contribution is -2.14. The molecule has 0 aromatic heterocycles. The minimum atomic E-state index is -0.137. The Morgan fingerprint density at radius 1 is 1.38 bits per heavy atom. The number of ether oxygens (including phenoxy) is 2. The van der Waals surface area contributed by atoms with Crippen molar-refractivity contribution in [2.75, 3.05) is 7.11 Å². The van der Waals surface area contributed by atoms with Gasteiger partial charge in [-0.05, 0) is 37.1 Å². The molecule has 0 radical (unpaired) electrons. The van der Waals surface area contributed by atoms with Gasteiger partial charge in [-0.1, -0.05) is 6.07 Å². The van der Waals surface area contributed by atoms with Crippen LogP contribution in [0, 0.1) is 0 Å². The standard InChI is InChI=1S/C11H14O2/c1-11(2)10-5-4-9(12-3)6-8(10)7-13-11/h4-6H,7H2,1-3H3. The molecule has 0 aliphatic carbocycles. The molecule has 1 aromatic carbocycles. The van der Waals surface area contributed by atoms with Gasteiger partial charge in [0.2, 0.25) is 0 Å². The molecule has 2 rings (SSSR count). The SMILES string of the molecule is COc1ccc2c(c1)COC2(C)C. The maximum absolute atomic E-state index is 5.65. The van der Waals surface area contributed by atoms with Crippen LogP contribution in [-0.4, -0.2) is 7.11 Å². The van der Waals surface area contributed by atoms with Gasteiger partial charge >= 0.3 is 0 Å². The Bertz CT molecular complexity index is 329. The fourth-order valence-corrected chi connectivity index (χ4v) is 1.74. The molecule has 1 aromatic rings. The molecule has 1 aliphatic heterocycles. The Labute approximate surface area is 78.5 Å². The number of hydrogen-bond donors (Lipinski definition) is 0. The van der Waals surface area contributed by atoms with E-state index in [1.54, 1.807) is 7.11 Å². The third-order valence-electron chi connectivity index (χ3n) is 2.55. The molecule has 2 heteroatoms. The molecule has 0 saturated carbocycles. The fourth-order valence-electron chi connectivity index (χ4n) is 1.74. The van der Waals surface area contributed by atoms with Crippen LogP contribution in [0.4, 0.5) is 0 Å². The van der Waals surface area contributed by atoms with Crippen molar-refractivity contribution in [2.45, 2.75) is 26.1 Å². The summed E-state index contributed by atoms with van der Waals surface area (Å²) in [7, 11) is 1.68. The molecule has 0 N–H and O–H groups in total. The number of hydrogen-bond acceptors (Lipinski definition) is 2. The second-order valence-electron chi connectivity index (χ2n) is 3.82. The zero-order valence-corrected chi connectivity index (χ0v) is 8.26. The Balaban J connectivity index is 2.46. The van der Waals surface area contributed by atoms with Gasteiger partial charge in [0.1, 0.15) is 5.75 Å². The highest BCUT2D eigenvalue weighted by Crippen LogP contribution is 2.37. The van der Waals surface area contributed by atoms with Gasteiger partial charge in [-0.3, -0.25) is 0 Å². The lowest BCUT2D eigenvalue weighted by Gasteiger charge is -2.18. The minimum Gasteiger partial charge on any atom is -0.497 e.